The molecule has 0 aliphatic heterocycles. The molecule has 1 heterocycles. The summed E-state index contributed by atoms with van der Waals surface area (Å²) in [6.45, 7) is 1.15. The molecule has 0 aliphatic rings. The summed E-state index contributed by atoms with van der Waals surface area (Å²) in [5, 5.41) is 0. The Kier molecular flexibility index (Phi) is 1.61. The van der Waals surface area contributed by atoms with Crippen molar-refractivity contribution in [2.75, 3.05) is 0 Å². The number of hydrogen-bond donors (Lipinski definition) is 0. The maximum atomic E-state index is 12.3. The lowest BCUT2D eigenvalue weighted by molar-refractivity contribution is 0.456. The molecule has 0 saturated heterocycles. The zero-order valence-electron chi connectivity index (χ0n) is 5.16. The molecule has 0 atom stereocenters. The van der Waals surface area contributed by atoms with Gasteiger partial charge in [0.15, 0.2) is 5.82 Å². The van der Waals surface area contributed by atoms with Crippen LogP contribution in [0.15, 0.2) is 6.20 Å². The van der Waals surface area contributed by atoms with Gasteiger partial charge in [0.05, 0.1) is 6.20 Å². The lowest BCUT2D eigenvalue weighted by Gasteiger charge is -1.96. The topological polar surface area (TPSA) is 12.9 Å². The molecule has 0 radical (unpaired) electrons. The summed E-state index contributed by atoms with van der Waals surface area (Å²) in [5.41, 5.74) is -0.340. The highest BCUT2D eigenvalue weighted by Gasteiger charge is 2.09. The Hall–Kier alpha value is -1.06. The van der Waals surface area contributed by atoms with Gasteiger partial charge >= 0.3 is 0 Å². The molecule has 0 fully saturated rings. The second kappa shape index (κ2) is 2.28. The van der Waals surface area contributed by atoms with Crippen molar-refractivity contribution in [2.45, 2.75) is 6.92 Å². The summed E-state index contributed by atoms with van der Waals surface area (Å²) in [6.07, 6.45) is 0.647. The molecule has 10 heavy (non-hydrogen) atoms. The van der Waals surface area contributed by atoms with Crippen LogP contribution in [0, 0.1) is 24.5 Å². The van der Waals surface area contributed by atoms with Crippen molar-refractivity contribution in [3.05, 3.63) is 29.3 Å². The van der Waals surface area contributed by atoms with E-state index in [1.54, 1.807) is 0 Å². The molecule has 0 saturated carbocycles. The van der Waals surface area contributed by atoms with Crippen LogP contribution in [0.4, 0.5) is 13.2 Å². The number of nitrogens with zero attached hydrogens (tertiary/aromatic N) is 1. The van der Waals surface area contributed by atoms with Gasteiger partial charge in [0.25, 0.3) is 0 Å². The van der Waals surface area contributed by atoms with Crippen LogP contribution in [-0.4, -0.2) is 4.98 Å². The fraction of sp³-hybridized carbons (Fsp3) is 0.167. The molecule has 4 heteroatoms. The normalized spacial score (nSPS) is 10.0. The maximum absolute atomic E-state index is 12.3. The molecule has 1 aromatic rings. The molecule has 0 N–H and O–H groups in total. The first-order valence-electron chi connectivity index (χ1n) is 2.59. The minimum Gasteiger partial charge on any atom is -0.223 e. The van der Waals surface area contributed by atoms with Crippen LogP contribution in [0.25, 0.3) is 0 Å². The van der Waals surface area contributed by atoms with Crippen molar-refractivity contribution in [2.24, 2.45) is 0 Å². The molecule has 1 rings (SSSR count). The molecule has 1 nitrogen and oxygen atoms in total. The highest BCUT2D eigenvalue weighted by Crippen LogP contribution is 2.10. The van der Waals surface area contributed by atoms with Crippen LogP contribution >= 0.6 is 0 Å². The van der Waals surface area contributed by atoms with Crippen LogP contribution in [0.1, 0.15) is 5.56 Å². The minimum atomic E-state index is -1.26. The Morgan fingerprint density at radius 2 is 1.90 bits per heavy atom. The average Bonchev–Trinajstić information content (AvgIpc) is 1.93. The van der Waals surface area contributed by atoms with E-state index in [2.05, 4.69) is 4.98 Å². The molecule has 0 amide bonds. The standard InChI is InChI=1S/C6H4F3N/c1-3-4(7)2-10-6(9)5(3)8/h2H,1H3. The van der Waals surface area contributed by atoms with E-state index in [9.17, 15) is 13.2 Å². The van der Waals surface area contributed by atoms with E-state index in [0.717, 1.165) is 6.92 Å². The first kappa shape index (κ1) is 7.05. The van der Waals surface area contributed by atoms with Gasteiger partial charge < -0.3 is 0 Å². The van der Waals surface area contributed by atoms with Gasteiger partial charge in [-0.15, -0.1) is 0 Å². The van der Waals surface area contributed by atoms with Crippen LogP contribution in [-0.2, 0) is 0 Å². The zero-order chi connectivity index (χ0) is 7.72. The molecule has 1 aromatic heterocycles. The van der Waals surface area contributed by atoms with Crippen molar-refractivity contribution in [3.63, 3.8) is 0 Å². The van der Waals surface area contributed by atoms with Crippen LogP contribution in [0.3, 0.4) is 0 Å². The third-order valence-corrected chi connectivity index (χ3v) is 1.16. The largest absolute Gasteiger partial charge is 0.249 e. The van der Waals surface area contributed by atoms with Crippen molar-refractivity contribution >= 4 is 0 Å². The second-order valence-electron chi connectivity index (χ2n) is 1.84. The minimum absolute atomic E-state index is 0.340. The molecule has 0 unspecified atom stereocenters. The first-order valence-corrected chi connectivity index (χ1v) is 2.59. The average molecular weight is 147 g/mol. The Labute approximate surface area is 55.5 Å². The van der Waals surface area contributed by atoms with E-state index >= 15 is 0 Å². The quantitative estimate of drug-likeness (QED) is 0.510. The second-order valence-corrected chi connectivity index (χ2v) is 1.84. The highest BCUT2D eigenvalue weighted by molar-refractivity contribution is 5.13. The molecule has 0 aromatic carbocycles. The van der Waals surface area contributed by atoms with Gasteiger partial charge in [-0.1, -0.05) is 0 Å². The molecular formula is C6H4F3N. The van der Waals surface area contributed by atoms with E-state index in [1.807, 2.05) is 0 Å². The van der Waals surface area contributed by atoms with Crippen molar-refractivity contribution in [3.8, 4) is 0 Å². The monoisotopic (exact) mass is 147 g/mol. The van der Waals surface area contributed by atoms with Crippen LogP contribution in [0.2, 0.25) is 0 Å². The Balaban J connectivity index is 3.34. The molecule has 0 bridgehead atoms. The first-order chi connectivity index (χ1) is 4.63. The van der Waals surface area contributed by atoms with E-state index < -0.39 is 17.6 Å². The number of rotatable bonds is 0. The molecule has 0 aliphatic carbocycles. The number of halogens is 3. The number of aromatic nitrogens is 1. The van der Waals surface area contributed by atoms with E-state index in [1.165, 1.54) is 0 Å². The Morgan fingerprint density at radius 1 is 1.30 bits per heavy atom. The lowest BCUT2D eigenvalue weighted by Crippen LogP contribution is -1.95. The van der Waals surface area contributed by atoms with Gasteiger partial charge in [-0.2, -0.15) is 4.39 Å². The predicted molar refractivity (Wildman–Crippen MR) is 28.8 cm³/mol. The van der Waals surface area contributed by atoms with Crippen molar-refractivity contribution < 1.29 is 13.2 Å². The van der Waals surface area contributed by atoms with Gasteiger partial charge in [-0.05, 0) is 6.92 Å². The van der Waals surface area contributed by atoms with Crippen LogP contribution < -0.4 is 0 Å². The van der Waals surface area contributed by atoms with Gasteiger partial charge in [0, 0.05) is 5.56 Å². The smallest absolute Gasteiger partial charge is 0.223 e. The zero-order valence-corrected chi connectivity index (χ0v) is 5.16. The predicted octanol–water partition coefficient (Wildman–Crippen LogP) is 1.81. The summed E-state index contributed by atoms with van der Waals surface area (Å²) in [7, 11) is 0. The van der Waals surface area contributed by atoms with Gasteiger partial charge in [-0.3, -0.25) is 0 Å². The third kappa shape index (κ3) is 0.964. The van der Waals surface area contributed by atoms with Crippen LogP contribution in [0.5, 0.6) is 0 Å². The number of pyridine rings is 1. The summed E-state index contributed by atoms with van der Waals surface area (Å²) in [4.78, 5) is 2.82. The van der Waals surface area contributed by atoms with Crippen molar-refractivity contribution in [1.29, 1.82) is 0 Å². The fourth-order valence-corrected chi connectivity index (χ4v) is 0.526. The Bertz CT molecular complexity index is 232. The summed E-state index contributed by atoms with van der Waals surface area (Å²) < 4.78 is 36.7. The number of hydrogen-bond acceptors (Lipinski definition) is 1. The summed E-state index contributed by atoms with van der Waals surface area (Å²) in [5.74, 6) is -3.32. The van der Waals surface area contributed by atoms with E-state index in [0.29, 0.717) is 6.20 Å². The highest BCUT2D eigenvalue weighted by atomic mass is 19.2. The van der Waals surface area contributed by atoms with Gasteiger partial charge in [0.2, 0.25) is 5.95 Å². The molecular weight excluding hydrogens is 143 g/mol. The van der Waals surface area contributed by atoms with Gasteiger partial charge in [-0.25, -0.2) is 13.8 Å². The fourth-order valence-electron chi connectivity index (χ4n) is 0.526. The van der Waals surface area contributed by atoms with E-state index in [-0.39, 0.29) is 5.56 Å². The SMILES string of the molecule is Cc1c(F)cnc(F)c1F. The maximum Gasteiger partial charge on any atom is 0.249 e. The molecule has 0 spiro atoms. The Morgan fingerprint density at radius 3 is 2.40 bits per heavy atom. The lowest BCUT2D eigenvalue weighted by atomic mass is 10.3. The van der Waals surface area contributed by atoms with Gasteiger partial charge in [0.1, 0.15) is 5.82 Å². The summed E-state index contributed by atoms with van der Waals surface area (Å²) in [6, 6.07) is 0. The third-order valence-electron chi connectivity index (χ3n) is 1.16. The van der Waals surface area contributed by atoms with Crippen molar-refractivity contribution in [1.82, 2.24) is 4.98 Å². The van der Waals surface area contributed by atoms with E-state index in [4.69, 9.17) is 0 Å². The molecule has 54 valence electrons. The summed E-state index contributed by atoms with van der Waals surface area (Å²) >= 11 is 0.